The highest BCUT2D eigenvalue weighted by atomic mass is 32.2. The second kappa shape index (κ2) is 9.48. The standard InChI is InChI=1S/C22H28N4O4S/c27-20(23-16-5-2-1-3-6-16)13-31-22-25-24-21(26(22)12-17-7-4-10-28-17)15-8-9-18-19(11-15)30-14-29-18/h8-9,11,16-17H,1-7,10,12-14H2,(H,23,27)/t17-/m1/s1. The number of carbonyl (C=O) groups excluding carboxylic acids is 1. The van der Waals surface area contributed by atoms with Crippen molar-refractivity contribution in [2.75, 3.05) is 19.2 Å². The molecule has 166 valence electrons. The van der Waals surface area contributed by atoms with Gasteiger partial charge in [0, 0.05) is 18.2 Å². The Morgan fingerprint density at radius 3 is 2.81 bits per heavy atom. The summed E-state index contributed by atoms with van der Waals surface area (Å²) in [6.07, 6.45) is 8.07. The van der Waals surface area contributed by atoms with E-state index >= 15 is 0 Å². The van der Waals surface area contributed by atoms with Crippen LogP contribution in [0.4, 0.5) is 0 Å². The molecular formula is C22H28N4O4S. The summed E-state index contributed by atoms with van der Waals surface area (Å²) in [4.78, 5) is 12.5. The summed E-state index contributed by atoms with van der Waals surface area (Å²) in [5.74, 6) is 2.60. The topological polar surface area (TPSA) is 87.5 Å². The first-order valence-electron chi connectivity index (χ1n) is 11.1. The van der Waals surface area contributed by atoms with Gasteiger partial charge in [-0.15, -0.1) is 10.2 Å². The molecule has 5 rings (SSSR count). The van der Waals surface area contributed by atoms with Crippen molar-refractivity contribution in [3.8, 4) is 22.9 Å². The highest BCUT2D eigenvalue weighted by molar-refractivity contribution is 7.99. The number of fused-ring (bicyclic) bond motifs is 1. The first kappa shape index (κ1) is 20.6. The number of carbonyl (C=O) groups is 1. The van der Waals surface area contributed by atoms with E-state index in [9.17, 15) is 4.79 Å². The van der Waals surface area contributed by atoms with Gasteiger partial charge in [0.2, 0.25) is 12.7 Å². The van der Waals surface area contributed by atoms with Crippen molar-refractivity contribution in [2.45, 2.75) is 68.8 Å². The number of ether oxygens (including phenoxy) is 3. The van der Waals surface area contributed by atoms with Crippen LogP contribution in [-0.2, 0) is 16.1 Å². The largest absolute Gasteiger partial charge is 0.454 e. The third kappa shape index (κ3) is 4.82. The number of nitrogens with zero attached hydrogens (tertiary/aromatic N) is 3. The highest BCUT2D eigenvalue weighted by Crippen LogP contribution is 2.36. The Balaban J connectivity index is 1.32. The summed E-state index contributed by atoms with van der Waals surface area (Å²) >= 11 is 1.43. The monoisotopic (exact) mass is 444 g/mol. The van der Waals surface area contributed by atoms with Gasteiger partial charge >= 0.3 is 0 Å². The smallest absolute Gasteiger partial charge is 0.231 e. The molecule has 3 heterocycles. The van der Waals surface area contributed by atoms with E-state index in [4.69, 9.17) is 14.2 Å². The minimum Gasteiger partial charge on any atom is -0.454 e. The van der Waals surface area contributed by atoms with Gasteiger partial charge in [0.25, 0.3) is 0 Å². The summed E-state index contributed by atoms with van der Waals surface area (Å²) in [6, 6.07) is 6.11. The second-order valence-corrected chi connectivity index (χ2v) is 9.25. The number of benzene rings is 1. The number of hydrogen-bond acceptors (Lipinski definition) is 7. The number of amides is 1. The Bertz CT molecular complexity index is 922. The number of hydrogen-bond donors (Lipinski definition) is 1. The molecule has 0 bridgehead atoms. The van der Waals surface area contributed by atoms with E-state index in [0.717, 1.165) is 54.6 Å². The Morgan fingerprint density at radius 1 is 1.10 bits per heavy atom. The molecule has 1 aromatic heterocycles. The van der Waals surface area contributed by atoms with E-state index < -0.39 is 0 Å². The number of aromatic nitrogens is 3. The third-order valence-electron chi connectivity index (χ3n) is 6.06. The van der Waals surface area contributed by atoms with Crippen LogP contribution < -0.4 is 14.8 Å². The minimum atomic E-state index is 0.0631. The second-order valence-electron chi connectivity index (χ2n) is 8.31. The maximum atomic E-state index is 12.5. The molecule has 1 amide bonds. The van der Waals surface area contributed by atoms with Crippen molar-refractivity contribution in [2.24, 2.45) is 0 Å². The molecule has 3 aliphatic rings. The average molecular weight is 445 g/mol. The molecule has 0 unspecified atom stereocenters. The van der Waals surface area contributed by atoms with Crippen LogP contribution in [0.2, 0.25) is 0 Å². The van der Waals surface area contributed by atoms with Gasteiger partial charge in [-0.3, -0.25) is 9.36 Å². The number of rotatable bonds is 7. The zero-order valence-corrected chi connectivity index (χ0v) is 18.4. The molecule has 2 aromatic rings. The van der Waals surface area contributed by atoms with Gasteiger partial charge < -0.3 is 19.5 Å². The van der Waals surface area contributed by atoms with Crippen molar-refractivity contribution in [3.63, 3.8) is 0 Å². The summed E-state index contributed by atoms with van der Waals surface area (Å²) in [5.41, 5.74) is 0.910. The van der Waals surface area contributed by atoms with Gasteiger partial charge in [-0.2, -0.15) is 0 Å². The fourth-order valence-corrected chi connectivity index (χ4v) is 5.21. The summed E-state index contributed by atoms with van der Waals surface area (Å²) < 4.78 is 18.9. The predicted molar refractivity (Wildman–Crippen MR) is 116 cm³/mol. The Morgan fingerprint density at radius 2 is 1.97 bits per heavy atom. The van der Waals surface area contributed by atoms with Crippen LogP contribution in [0.25, 0.3) is 11.4 Å². The molecule has 1 atom stereocenters. The molecule has 1 aliphatic carbocycles. The molecule has 8 nitrogen and oxygen atoms in total. The van der Waals surface area contributed by atoms with Gasteiger partial charge in [-0.05, 0) is 43.9 Å². The van der Waals surface area contributed by atoms with Crippen LogP contribution in [0, 0.1) is 0 Å². The molecule has 0 radical (unpaired) electrons. The maximum absolute atomic E-state index is 12.5. The van der Waals surface area contributed by atoms with Crippen molar-refractivity contribution in [3.05, 3.63) is 18.2 Å². The Kier molecular flexibility index (Phi) is 6.31. The van der Waals surface area contributed by atoms with E-state index in [-0.39, 0.29) is 18.8 Å². The lowest BCUT2D eigenvalue weighted by atomic mass is 9.95. The van der Waals surface area contributed by atoms with Crippen LogP contribution in [-0.4, -0.2) is 52.0 Å². The molecule has 1 saturated carbocycles. The molecule has 2 aliphatic heterocycles. The van der Waals surface area contributed by atoms with Crippen LogP contribution in [0.3, 0.4) is 0 Å². The van der Waals surface area contributed by atoms with E-state index in [1.807, 2.05) is 18.2 Å². The third-order valence-corrected chi connectivity index (χ3v) is 7.03. The number of nitrogens with one attached hydrogen (secondary N) is 1. The lowest BCUT2D eigenvalue weighted by Crippen LogP contribution is -2.37. The zero-order chi connectivity index (χ0) is 21.0. The molecule has 0 spiro atoms. The van der Waals surface area contributed by atoms with Crippen LogP contribution in [0.5, 0.6) is 11.5 Å². The van der Waals surface area contributed by atoms with Gasteiger partial charge in [0.05, 0.1) is 18.4 Å². The van der Waals surface area contributed by atoms with Gasteiger partial charge in [0.1, 0.15) is 0 Å². The van der Waals surface area contributed by atoms with Gasteiger partial charge in [0.15, 0.2) is 22.5 Å². The molecule has 1 saturated heterocycles. The fourth-order valence-electron chi connectivity index (χ4n) is 4.45. The minimum absolute atomic E-state index is 0.0631. The van der Waals surface area contributed by atoms with Crippen molar-refractivity contribution >= 4 is 17.7 Å². The molecule has 1 aromatic carbocycles. The maximum Gasteiger partial charge on any atom is 0.231 e. The fraction of sp³-hybridized carbons (Fsp3) is 0.591. The van der Waals surface area contributed by atoms with E-state index in [1.165, 1.54) is 31.0 Å². The highest BCUT2D eigenvalue weighted by Gasteiger charge is 2.24. The Hall–Kier alpha value is -2.26. The van der Waals surface area contributed by atoms with Crippen molar-refractivity contribution < 1.29 is 19.0 Å². The van der Waals surface area contributed by atoms with Crippen LogP contribution in [0.15, 0.2) is 23.4 Å². The first-order valence-corrected chi connectivity index (χ1v) is 12.1. The predicted octanol–water partition coefficient (Wildman–Crippen LogP) is 3.39. The SMILES string of the molecule is O=C(CSc1nnc(-c2ccc3c(c2)OCO3)n1C[C@H]1CCCO1)NC1CCCCC1. The lowest BCUT2D eigenvalue weighted by Gasteiger charge is -2.22. The summed E-state index contributed by atoms with van der Waals surface area (Å²) in [6.45, 7) is 1.69. The normalized spacial score (nSPS) is 20.8. The Labute approximate surface area is 186 Å². The van der Waals surface area contributed by atoms with E-state index in [0.29, 0.717) is 24.1 Å². The first-order chi connectivity index (χ1) is 15.3. The van der Waals surface area contributed by atoms with Crippen molar-refractivity contribution in [1.82, 2.24) is 20.1 Å². The van der Waals surface area contributed by atoms with Gasteiger partial charge in [-0.25, -0.2) is 0 Å². The van der Waals surface area contributed by atoms with Gasteiger partial charge in [-0.1, -0.05) is 31.0 Å². The summed E-state index contributed by atoms with van der Waals surface area (Å²) in [5, 5.41) is 12.8. The molecular weight excluding hydrogens is 416 g/mol. The molecule has 2 fully saturated rings. The zero-order valence-electron chi connectivity index (χ0n) is 17.5. The summed E-state index contributed by atoms with van der Waals surface area (Å²) in [7, 11) is 0. The molecule has 1 N–H and O–H groups in total. The van der Waals surface area contributed by atoms with Crippen LogP contribution in [0.1, 0.15) is 44.9 Å². The van der Waals surface area contributed by atoms with Crippen molar-refractivity contribution in [1.29, 1.82) is 0 Å². The average Bonchev–Trinajstić information content (AvgIpc) is 3.54. The molecule has 9 heteroatoms. The number of thioether (sulfide) groups is 1. The lowest BCUT2D eigenvalue weighted by molar-refractivity contribution is -0.119. The quantitative estimate of drug-likeness (QED) is 0.655. The van der Waals surface area contributed by atoms with Crippen LogP contribution >= 0.6 is 11.8 Å². The van der Waals surface area contributed by atoms with E-state index in [2.05, 4.69) is 20.1 Å². The van der Waals surface area contributed by atoms with E-state index in [1.54, 1.807) is 0 Å². The molecule has 31 heavy (non-hydrogen) atoms.